The Morgan fingerprint density at radius 1 is 0.839 bits per heavy atom. The fourth-order valence-electron chi connectivity index (χ4n) is 5.52. The number of ether oxygens (including phenoxy) is 2. The summed E-state index contributed by atoms with van der Waals surface area (Å²) in [6, 6.07) is 19.6. The predicted molar refractivity (Wildman–Crippen MR) is 124 cm³/mol. The van der Waals surface area contributed by atoms with Gasteiger partial charge in [0.2, 0.25) is 0 Å². The molecule has 3 unspecified atom stereocenters. The van der Waals surface area contributed by atoms with E-state index in [1.54, 1.807) is 11.1 Å². The third-order valence-corrected chi connectivity index (χ3v) is 7.35. The predicted octanol–water partition coefficient (Wildman–Crippen LogP) is 4.10. The highest BCUT2D eigenvalue weighted by atomic mass is 16.6. The van der Waals surface area contributed by atoms with E-state index in [0.717, 1.165) is 38.5 Å². The lowest BCUT2D eigenvalue weighted by Crippen LogP contribution is -2.55. The van der Waals surface area contributed by atoms with E-state index < -0.39 is 0 Å². The van der Waals surface area contributed by atoms with Crippen LogP contribution >= 0.6 is 0 Å². The van der Waals surface area contributed by atoms with Crippen LogP contribution in [0.3, 0.4) is 0 Å². The molecule has 4 nitrogen and oxygen atoms in total. The van der Waals surface area contributed by atoms with Crippen LogP contribution in [0.15, 0.2) is 54.6 Å². The summed E-state index contributed by atoms with van der Waals surface area (Å²) in [4.78, 5) is 5.11. The maximum absolute atomic E-state index is 6.20. The first-order valence-corrected chi connectivity index (χ1v) is 12.2. The Balaban J connectivity index is 0.992. The second kappa shape index (κ2) is 10.3. The molecule has 0 saturated carbocycles. The lowest BCUT2D eigenvalue weighted by molar-refractivity contribution is -0.189. The van der Waals surface area contributed by atoms with E-state index in [1.807, 2.05) is 0 Å². The van der Waals surface area contributed by atoms with E-state index in [4.69, 9.17) is 9.47 Å². The van der Waals surface area contributed by atoms with Crippen molar-refractivity contribution >= 4 is 0 Å². The van der Waals surface area contributed by atoms with Gasteiger partial charge in [0.25, 0.3) is 0 Å². The van der Waals surface area contributed by atoms with Crippen LogP contribution in [0.1, 0.15) is 41.9 Å². The summed E-state index contributed by atoms with van der Waals surface area (Å²) >= 11 is 0. The van der Waals surface area contributed by atoms with Crippen molar-refractivity contribution in [3.05, 3.63) is 71.3 Å². The Morgan fingerprint density at radius 3 is 2.45 bits per heavy atom. The van der Waals surface area contributed by atoms with Crippen LogP contribution in [-0.4, -0.2) is 68.1 Å². The van der Waals surface area contributed by atoms with Gasteiger partial charge >= 0.3 is 0 Å². The molecule has 0 spiro atoms. The fourth-order valence-corrected chi connectivity index (χ4v) is 5.52. The largest absolute Gasteiger partial charge is 0.371 e. The molecule has 2 fully saturated rings. The average Bonchev–Trinajstić information content (AvgIpc) is 3.24. The lowest BCUT2D eigenvalue weighted by Gasteiger charge is -2.41. The van der Waals surface area contributed by atoms with Gasteiger partial charge in [0, 0.05) is 32.6 Å². The number of fused-ring (bicyclic) bond motifs is 1. The molecule has 0 N–H and O–H groups in total. The zero-order chi connectivity index (χ0) is 20.9. The van der Waals surface area contributed by atoms with E-state index in [1.165, 1.54) is 37.8 Å². The number of piperazine rings is 1. The Labute approximate surface area is 187 Å². The van der Waals surface area contributed by atoms with Gasteiger partial charge in [0.15, 0.2) is 0 Å². The van der Waals surface area contributed by atoms with Gasteiger partial charge in [0.05, 0.1) is 19.3 Å². The smallest absolute Gasteiger partial charge is 0.134 e. The number of rotatable bonds is 7. The molecule has 3 atom stereocenters. The summed E-state index contributed by atoms with van der Waals surface area (Å²) < 4.78 is 12.3. The van der Waals surface area contributed by atoms with Crippen molar-refractivity contribution in [3.63, 3.8) is 0 Å². The highest BCUT2D eigenvalue weighted by molar-refractivity contribution is 5.34. The van der Waals surface area contributed by atoms with E-state index in [2.05, 4.69) is 64.4 Å². The van der Waals surface area contributed by atoms with Crippen LogP contribution in [0.2, 0.25) is 0 Å². The summed E-state index contributed by atoms with van der Waals surface area (Å²) in [5.41, 5.74) is 4.53. The van der Waals surface area contributed by atoms with Gasteiger partial charge in [-0.25, -0.2) is 0 Å². The summed E-state index contributed by atoms with van der Waals surface area (Å²) in [5, 5.41) is 0. The molecule has 3 aliphatic rings. The summed E-state index contributed by atoms with van der Waals surface area (Å²) in [6.45, 7) is 7.09. The molecule has 0 aromatic heterocycles. The van der Waals surface area contributed by atoms with Gasteiger partial charge in [-0.2, -0.15) is 0 Å². The third kappa shape index (κ3) is 5.38. The Kier molecular flexibility index (Phi) is 7.00. The molecule has 5 rings (SSSR count). The van der Waals surface area contributed by atoms with Crippen LogP contribution < -0.4 is 0 Å². The third-order valence-electron chi connectivity index (χ3n) is 7.35. The van der Waals surface area contributed by atoms with Crippen molar-refractivity contribution in [3.8, 4) is 0 Å². The van der Waals surface area contributed by atoms with Gasteiger partial charge in [-0.05, 0) is 54.8 Å². The minimum absolute atomic E-state index is 0.129. The molecule has 2 heterocycles. The maximum atomic E-state index is 6.20. The van der Waals surface area contributed by atoms with Crippen LogP contribution in [-0.2, 0) is 22.3 Å². The molecule has 4 heteroatoms. The van der Waals surface area contributed by atoms with E-state index in [-0.39, 0.29) is 12.3 Å². The monoisotopic (exact) mass is 420 g/mol. The zero-order valence-corrected chi connectivity index (χ0v) is 18.6. The van der Waals surface area contributed by atoms with Crippen molar-refractivity contribution in [1.29, 1.82) is 0 Å². The SMILES string of the molecule is c1ccc(CC2COC(N3CCN(CCCC4CCc5ccccc54)CC3)CO2)cc1. The van der Waals surface area contributed by atoms with Crippen molar-refractivity contribution < 1.29 is 9.47 Å². The second-order valence-corrected chi connectivity index (χ2v) is 9.39. The molecule has 0 radical (unpaired) electrons. The number of nitrogens with zero attached hydrogens (tertiary/aromatic N) is 2. The number of benzene rings is 2. The fraction of sp³-hybridized carbons (Fsp3) is 0.556. The molecule has 1 aliphatic carbocycles. The van der Waals surface area contributed by atoms with Gasteiger partial charge in [0.1, 0.15) is 6.23 Å². The minimum atomic E-state index is 0.129. The molecule has 2 aliphatic heterocycles. The molecule has 31 heavy (non-hydrogen) atoms. The topological polar surface area (TPSA) is 24.9 Å². The van der Waals surface area contributed by atoms with Crippen molar-refractivity contribution in [2.45, 2.75) is 50.4 Å². The first kappa shape index (κ1) is 21.1. The normalized spacial score (nSPS) is 27.3. The second-order valence-electron chi connectivity index (χ2n) is 9.39. The highest BCUT2D eigenvalue weighted by Crippen LogP contribution is 2.36. The first-order valence-electron chi connectivity index (χ1n) is 12.2. The highest BCUT2D eigenvalue weighted by Gasteiger charge is 2.30. The number of aryl methyl sites for hydroxylation is 1. The summed E-state index contributed by atoms with van der Waals surface area (Å²) in [5.74, 6) is 0.786. The van der Waals surface area contributed by atoms with Crippen LogP contribution in [0, 0.1) is 0 Å². The Morgan fingerprint density at radius 2 is 1.65 bits per heavy atom. The molecule has 2 saturated heterocycles. The van der Waals surface area contributed by atoms with Gasteiger partial charge in [-0.15, -0.1) is 0 Å². The van der Waals surface area contributed by atoms with Crippen molar-refractivity contribution in [1.82, 2.24) is 9.80 Å². The lowest BCUT2D eigenvalue weighted by atomic mass is 9.96. The van der Waals surface area contributed by atoms with Gasteiger partial charge < -0.3 is 14.4 Å². The summed E-state index contributed by atoms with van der Waals surface area (Å²) in [7, 11) is 0. The molecule has 0 amide bonds. The molecular weight excluding hydrogens is 384 g/mol. The van der Waals surface area contributed by atoms with E-state index >= 15 is 0 Å². The molecule has 2 aromatic carbocycles. The number of hydrogen-bond acceptors (Lipinski definition) is 4. The molecule has 166 valence electrons. The van der Waals surface area contributed by atoms with Crippen LogP contribution in [0.5, 0.6) is 0 Å². The molecular formula is C27H36N2O2. The maximum Gasteiger partial charge on any atom is 0.134 e. The van der Waals surface area contributed by atoms with Crippen LogP contribution in [0.25, 0.3) is 0 Å². The Bertz CT molecular complexity index is 811. The van der Waals surface area contributed by atoms with E-state index in [0.29, 0.717) is 13.2 Å². The number of hydrogen-bond donors (Lipinski definition) is 0. The van der Waals surface area contributed by atoms with Gasteiger partial charge in [-0.1, -0.05) is 54.6 Å². The summed E-state index contributed by atoms with van der Waals surface area (Å²) in [6.07, 6.45) is 6.51. The molecule has 2 aromatic rings. The minimum Gasteiger partial charge on any atom is -0.371 e. The first-order chi connectivity index (χ1) is 15.3. The van der Waals surface area contributed by atoms with E-state index in [9.17, 15) is 0 Å². The quantitative estimate of drug-likeness (QED) is 0.673. The zero-order valence-electron chi connectivity index (χ0n) is 18.6. The van der Waals surface area contributed by atoms with Crippen molar-refractivity contribution in [2.24, 2.45) is 0 Å². The standard InChI is InChI=1S/C27H36N2O2/c1-2-7-22(8-3-1)19-25-20-31-27(21-30-25)29-17-15-28(16-18-29)14-6-10-24-13-12-23-9-4-5-11-26(23)24/h1-5,7-9,11,24-25,27H,6,10,12-21H2. The Hall–Kier alpha value is -1.72. The van der Waals surface area contributed by atoms with Gasteiger partial charge in [-0.3, -0.25) is 4.90 Å². The van der Waals surface area contributed by atoms with Crippen LogP contribution in [0.4, 0.5) is 0 Å². The van der Waals surface area contributed by atoms with Crippen molar-refractivity contribution in [2.75, 3.05) is 45.9 Å². The average molecular weight is 421 g/mol. The molecule has 0 bridgehead atoms.